The highest BCUT2D eigenvalue weighted by Gasteiger charge is 2.35. The maximum Gasteiger partial charge on any atom is 0.408 e. The molecular formula is C32H60N4O6. The van der Waals surface area contributed by atoms with Gasteiger partial charge in [-0.2, -0.15) is 0 Å². The average Bonchev–Trinajstić information content (AvgIpc) is 2.91. The Morgan fingerprint density at radius 3 is 1.86 bits per heavy atom. The molecule has 1 rings (SSSR count). The van der Waals surface area contributed by atoms with Gasteiger partial charge in [0.15, 0.2) is 0 Å². The van der Waals surface area contributed by atoms with Crippen molar-refractivity contribution in [2.75, 3.05) is 6.54 Å². The minimum absolute atomic E-state index is 0.110. The Balaban J connectivity index is 2.97. The molecule has 0 unspecified atom stereocenters. The summed E-state index contributed by atoms with van der Waals surface area (Å²) in [7, 11) is 0. The van der Waals surface area contributed by atoms with Crippen molar-refractivity contribution in [2.24, 2.45) is 23.7 Å². The molecule has 10 heteroatoms. The predicted molar refractivity (Wildman–Crippen MR) is 166 cm³/mol. The number of carbonyl (C=O) groups excluding carboxylic acids is 4. The number of rotatable bonds is 16. The van der Waals surface area contributed by atoms with Crippen molar-refractivity contribution < 1.29 is 29.0 Å². The summed E-state index contributed by atoms with van der Waals surface area (Å²) >= 11 is 0. The van der Waals surface area contributed by atoms with Gasteiger partial charge in [-0.1, -0.05) is 73.6 Å². The molecule has 0 aliphatic heterocycles. The first-order chi connectivity index (χ1) is 19.6. The number of amides is 4. The van der Waals surface area contributed by atoms with Crippen LogP contribution in [0.1, 0.15) is 120 Å². The molecule has 0 spiro atoms. The van der Waals surface area contributed by atoms with E-state index in [0.29, 0.717) is 31.7 Å². The van der Waals surface area contributed by atoms with Gasteiger partial charge in [0.1, 0.15) is 17.7 Å². The minimum Gasteiger partial charge on any atom is -0.444 e. The maximum atomic E-state index is 13.6. The summed E-state index contributed by atoms with van der Waals surface area (Å²) in [5.41, 5.74) is -0.723. The van der Waals surface area contributed by atoms with Gasteiger partial charge in [0, 0.05) is 6.54 Å². The average molecular weight is 597 g/mol. The van der Waals surface area contributed by atoms with Crippen molar-refractivity contribution in [3.8, 4) is 0 Å². The first-order valence-corrected chi connectivity index (χ1v) is 16.1. The van der Waals surface area contributed by atoms with E-state index in [0.717, 1.165) is 12.8 Å². The lowest BCUT2D eigenvalue weighted by Crippen LogP contribution is -2.59. The summed E-state index contributed by atoms with van der Waals surface area (Å²) in [6, 6.07) is -2.45. The van der Waals surface area contributed by atoms with Gasteiger partial charge in [-0.25, -0.2) is 4.79 Å². The van der Waals surface area contributed by atoms with Crippen molar-refractivity contribution in [3.63, 3.8) is 0 Å². The summed E-state index contributed by atoms with van der Waals surface area (Å²) in [4.78, 5) is 52.2. The van der Waals surface area contributed by atoms with Crippen molar-refractivity contribution >= 4 is 23.8 Å². The fraction of sp³-hybridized carbons (Fsp3) is 0.875. The van der Waals surface area contributed by atoms with Crippen molar-refractivity contribution in [2.45, 2.75) is 150 Å². The van der Waals surface area contributed by atoms with E-state index in [-0.39, 0.29) is 30.1 Å². The zero-order chi connectivity index (χ0) is 32.0. The summed E-state index contributed by atoms with van der Waals surface area (Å²) in [5, 5.41) is 22.5. The number of hydrogen-bond donors (Lipinski definition) is 5. The molecule has 1 aliphatic carbocycles. The summed E-state index contributed by atoms with van der Waals surface area (Å²) in [6.07, 6.45) is 5.69. The van der Waals surface area contributed by atoms with Crippen molar-refractivity contribution in [1.82, 2.24) is 21.3 Å². The molecule has 0 aromatic carbocycles. The molecule has 6 atom stereocenters. The molecular weight excluding hydrogens is 536 g/mol. The van der Waals surface area contributed by atoms with Crippen LogP contribution in [-0.4, -0.2) is 65.3 Å². The van der Waals surface area contributed by atoms with Crippen LogP contribution in [-0.2, 0) is 19.1 Å². The molecule has 4 amide bonds. The second kappa shape index (κ2) is 18.3. The van der Waals surface area contributed by atoms with Crippen LogP contribution in [0.5, 0.6) is 0 Å². The molecule has 10 nitrogen and oxygen atoms in total. The SMILES string of the molecule is CC[C@H](C)[C@H](NC(=O)OC(C)(C)C)C(=O)N[C@H](C(=O)N[C@@H](CC(C)C)[C@@H](O)CC(=O)NCC1CCCCC1)[C@@H](C)CC. The Morgan fingerprint density at radius 1 is 0.833 bits per heavy atom. The number of hydrogen-bond acceptors (Lipinski definition) is 6. The molecule has 1 aliphatic rings. The number of ether oxygens (including phenoxy) is 1. The zero-order valence-corrected chi connectivity index (χ0v) is 27.7. The van der Waals surface area contributed by atoms with E-state index < -0.39 is 47.7 Å². The van der Waals surface area contributed by atoms with E-state index in [1.54, 1.807) is 20.8 Å². The van der Waals surface area contributed by atoms with E-state index in [2.05, 4.69) is 21.3 Å². The third kappa shape index (κ3) is 14.2. The third-order valence-electron chi connectivity index (χ3n) is 8.19. The minimum atomic E-state index is -1.07. The van der Waals surface area contributed by atoms with Crippen LogP contribution in [0.25, 0.3) is 0 Å². The van der Waals surface area contributed by atoms with E-state index in [1.807, 2.05) is 41.5 Å². The lowest BCUT2D eigenvalue weighted by atomic mass is 9.89. The van der Waals surface area contributed by atoms with E-state index >= 15 is 0 Å². The van der Waals surface area contributed by atoms with Crippen LogP contribution in [0.15, 0.2) is 0 Å². The van der Waals surface area contributed by atoms with Gasteiger partial charge in [0.2, 0.25) is 17.7 Å². The van der Waals surface area contributed by atoms with Gasteiger partial charge in [-0.05, 0) is 63.7 Å². The van der Waals surface area contributed by atoms with Crippen LogP contribution in [0.2, 0.25) is 0 Å². The molecule has 1 fully saturated rings. The maximum absolute atomic E-state index is 13.6. The van der Waals surface area contributed by atoms with Gasteiger partial charge >= 0.3 is 6.09 Å². The van der Waals surface area contributed by atoms with Gasteiger partial charge in [0.05, 0.1) is 18.6 Å². The quantitative estimate of drug-likeness (QED) is 0.178. The fourth-order valence-electron chi connectivity index (χ4n) is 5.23. The Morgan fingerprint density at radius 2 is 1.36 bits per heavy atom. The number of carbonyl (C=O) groups is 4. The predicted octanol–water partition coefficient (Wildman–Crippen LogP) is 4.44. The molecule has 244 valence electrons. The highest BCUT2D eigenvalue weighted by atomic mass is 16.6. The van der Waals surface area contributed by atoms with E-state index in [4.69, 9.17) is 4.74 Å². The Bertz CT molecular complexity index is 852. The van der Waals surface area contributed by atoms with Gasteiger partial charge in [0.25, 0.3) is 0 Å². The molecule has 5 N–H and O–H groups in total. The summed E-state index contributed by atoms with van der Waals surface area (Å²) in [6.45, 7) is 17.4. The standard InChI is InChI=1S/C32H60N4O6/c1-10-21(5)27(35-30(40)28(22(6)11-2)36-31(41)42-32(7,8)9)29(39)34-24(17-20(3)4)25(37)18-26(38)33-19-23-15-13-12-14-16-23/h20-25,27-28,37H,10-19H2,1-9H3,(H,33,38)(H,34,39)(H,35,40)(H,36,41)/t21-,22-,24-,25-,27-,28-/m0/s1. The largest absolute Gasteiger partial charge is 0.444 e. The number of aliphatic hydroxyl groups is 1. The Labute approximate surface area is 254 Å². The highest BCUT2D eigenvalue weighted by Crippen LogP contribution is 2.23. The Hall–Kier alpha value is -2.36. The second-order valence-electron chi connectivity index (χ2n) is 13.7. The molecule has 0 aromatic rings. The molecule has 0 aromatic heterocycles. The van der Waals surface area contributed by atoms with Crippen molar-refractivity contribution in [3.05, 3.63) is 0 Å². The number of alkyl carbamates (subject to hydrolysis) is 1. The van der Waals surface area contributed by atoms with Gasteiger partial charge < -0.3 is 31.1 Å². The second-order valence-corrected chi connectivity index (χ2v) is 13.7. The van der Waals surface area contributed by atoms with E-state index in [9.17, 15) is 24.3 Å². The third-order valence-corrected chi connectivity index (χ3v) is 8.19. The van der Waals surface area contributed by atoms with Crippen LogP contribution >= 0.6 is 0 Å². The molecule has 0 radical (unpaired) electrons. The number of aliphatic hydroxyl groups excluding tert-OH is 1. The Kier molecular flexibility index (Phi) is 16.4. The fourth-order valence-corrected chi connectivity index (χ4v) is 5.23. The van der Waals surface area contributed by atoms with E-state index in [1.165, 1.54) is 19.3 Å². The van der Waals surface area contributed by atoms with Crippen LogP contribution < -0.4 is 21.3 Å². The molecule has 0 heterocycles. The first-order valence-electron chi connectivity index (χ1n) is 16.1. The summed E-state index contributed by atoms with van der Waals surface area (Å²) in [5.74, 6) is -0.921. The van der Waals surface area contributed by atoms with Crippen LogP contribution in [0.4, 0.5) is 4.79 Å². The molecule has 42 heavy (non-hydrogen) atoms. The zero-order valence-electron chi connectivity index (χ0n) is 27.7. The highest BCUT2D eigenvalue weighted by molar-refractivity contribution is 5.91. The number of nitrogens with one attached hydrogen (secondary N) is 4. The smallest absolute Gasteiger partial charge is 0.408 e. The first kappa shape index (κ1) is 37.7. The van der Waals surface area contributed by atoms with Gasteiger partial charge in [-0.3, -0.25) is 14.4 Å². The monoisotopic (exact) mass is 596 g/mol. The molecule has 0 saturated heterocycles. The lowest BCUT2D eigenvalue weighted by Gasteiger charge is -2.32. The van der Waals surface area contributed by atoms with Crippen molar-refractivity contribution in [1.29, 1.82) is 0 Å². The van der Waals surface area contributed by atoms with Crippen LogP contribution in [0, 0.1) is 23.7 Å². The van der Waals surface area contributed by atoms with Crippen LogP contribution in [0.3, 0.4) is 0 Å². The summed E-state index contributed by atoms with van der Waals surface area (Å²) < 4.78 is 5.36. The van der Waals surface area contributed by atoms with Gasteiger partial charge in [-0.15, -0.1) is 0 Å². The topological polar surface area (TPSA) is 146 Å². The lowest BCUT2D eigenvalue weighted by molar-refractivity contribution is -0.133. The molecule has 1 saturated carbocycles. The molecule has 0 bridgehead atoms. The normalized spacial score (nSPS) is 18.6.